The van der Waals surface area contributed by atoms with Gasteiger partial charge in [-0.2, -0.15) is 0 Å². The van der Waals surface area contributed by atoms with Gasteiger partial charge in [0, 0.05) is 16.7 Å². The van der Waals surface area contributed by atoms with Gasteiger partial charge < -0.3 is 39.7 Å². The van der Waals surface area contributed by atoms with E-state index in [1.54, 1.807) is 12.1 Å². The highest BCUT2D eigenvalue weighted by atomic mass is 16.7. The van der Waals surface area contributed by atoms with Crippen LogP contribution in [0, 0.1) is 0 Å². The maximum Gasteiger partial charge on any atom is 0.198 e. The molecular formula is C22H22O10. The molecule has 170 valence electrons. The Bertz CT molecular complexity index is 1060. The van der Waals surface area contributed by atoms with Gasteiger partial charge in [0.05, 0.1) is 31.5 Å². The normalized spacial score (nSPS) is 27.1. The van der Waals surface area contributed by atoms with Gasteiger partial charge in [0.15, 0.2) is 17.9 Å². The monoisotopic (exact) mass is 446 g/mol. The van der Waals surface area contributed by atoms with Gasteiger partial charge in [-0.1, -0.05) is 24.3 Å². The molecule has 4 rings (SSSR count). The van der Waals surface area contributed by atoms with Crippen molar-refractivity contribution >= 4 is 11.6 Å². The number of aromatic hydroxyl groups is 1. The van der Waals surface area contributed by atoms with Crippen molar-refractivity contribution in [2.75, 3.05) is 13.7 Å². The zero-order valence-electron chi connectivity index (χ0n) is 17.0. The first-order valence-electron chi connectivity index (χ1n) is 9.83. The number of benzene rings is 2. The second-order valence-corrected chi connectivity index (χ2v) is 7.54. The van der Waals surface area contributed by atoms with Crippen LogP contribution in [0.25, 0.3) is 0 Å². The second kappa shape index (κ2) is 8.58. The summed E-state index contributed by atoms with van der Waals surface area (Å²) in [7, 11) is 1.27. The molecule has 10 nitrogen and oxygen atoms in total. The van der Waals surface area contributed by atoms with Crippen LogP contribution in [0.1, 0.15) is 37.4 Å². The zero-order chi connectivity index (χ0) is 23.2. The second-order valence-electron chi connectivity index (χ2n) is 7.54. The maximum absolute atomic E-state index is 13.1. The summed E-state index contributed by atoms with van der Waals surface area (Å²) in [6, 6.07) is 7.47. The number of ketones is 2. The Morgan fingerprint density at radius 1 is 0.969 bits per heavy atom. The summed E-state index contributed by atoms with van der Waals surface area (Å²) in [4.78, 5) is 26.0. The van der Waals surface area contributed by atoms with E-state index in [-0.39, 0.29) is 39.3 Å². The first-order valence-corrected chi connectivity index (χ1v) is 9.83. The molecule has 1 saturated heterocycles. The van der Waals surface area contributed by atoms with Gasteiger partial charge >= 0.3 is 0 Å². The van der Waals surface area contributed by atoms with Crippen molar-refractivity contribution in [3.05, 3.63) is 58.1 Å². The van der Waals surface area contributed by atoms with Crippen molar-refractivity contribution in [1.82, 2.24) is 0 Å². The van der Waals surface area contributed by atoms with Gasteiger partial charge in [-0.05, 0) is 6.07 Å². The van der Waals surface area contributed by atoms with Gasteiger partial charge in [-0.15, -0.1) is 0 Å². The lowest BCUT2D eigenvalue weighted by Crippen LogP contribution is -2.59. The lowest BCUT2D eigenvalue weighted by atomic mass is 9.82. The van der Waals surface area contributed by atoms with E-state index in [1.165, 1.54) is 19.2 Å². The first kappa shape index (κ1) is 22.3. The number of carbonyl (C=O) groups is 2. The van der Waals surface area contributed by atoms with Gasteiger partial charge in [0.2, 0.25) is 0 Å². The average Bonchev–Trinajstić information content (AvgIpc) is 2.80. The zero-order valence-corrected chi connectivity index (χ0v) is 17.0. The van der Waals surface area contributed by atoms with Crippen molar-refractivity contribution < 1.29 is 49.3 Å². The van der Waals surface area contributed by atoms with Crippen LogP contribution in [-0.2, 0) is 16.1 Å². The minimum Gasteiger partial charge on any atom is -0.507 e. The number of phenolic OH excluding ortho intramolecular Hbond substituents is 1. The molecule has 0 saturated carbocycles. The summed E-state index contributed by atoms with van der Waals surface area (Å²) < 4.78 is 16.1. The molecule has 5 atom stereocenters. The topological polar surface area (TPSA) is 163 Å². The summed E-state index contributed by atoms with van der Waals surface area (Å²) in [5, 5.41) is 49.8. The number of phenols is 1. The number of carbonyl (C=O) groups excluding carboxylic acids is 2. The number of aliphatic hydroxyl groups is 4. The Kier molecular flexibility index (Phi) is 5.99. The summed E-state index contributed by atoms with van der Waals surface area (Å²) in [5.41, 5.74) is 0.399. The molecule has 0 aromatic heterocycles. The van der Waals surface area contributed by atoms with Gasteiger partial charge in [-0.25, -0.2) is 0 Å². The third kappa shape index (κ3) is 3.47. The van der Waals surface area contributed by atoms with Crippen molar-refractivity contribution in [2.45, 2.75) is 37.3 Å². The third-order valence-electron chi connectivity index (χ3n) is 5.69. The van der Waals surface area contributed by atoms with Crippen LogP contribution in [0.4, 0.5) is 0 Å². The molecular weight excluding hydrogens is 424 g/mol. The van der Waals surface area contributed by atoms with E-state index in [0.717, 1.165) is 6.07 Å². The van der Waals surface area contributed by atoms with Gasteiger partial charge in [0.25, 0.3) is 0 Å². The van der Waals surface area contributed by atoms with Crippen LogP contribution >= 0.6 is 0 Å². The van der Waals surface area contributed by atoms with Crippen LogP contribution in [0.5, 0.6) is 11.5 Å². The number of hydrogen-bond acceptors (Lipinski definition) is 10. The Morgan fingerprint density at radius 3 is 2.25 bits per heavy atom. The van der Waals surface area contributed by atoms with Crippen molar-refractivity contribution in [3.63, 3.8) is 0 Å². The summed E-state index contributed by atoms with van der Waals surface area (Å²) in [6.45, 7) is -1.07. The van der Waals surface area contributed by atoms with Crippen molar-refractivity contribution in [1.29, 1.82) is 0 Å². The molecule has 1 heterocycles. The molecule has 1 aliphatic heterocycles. The van der Waals surface area contributed by atoms with E-state index in [1.807, 2.05) is 0 Å². The van der Waals surface area contributed by atoms with E-state index in [0.29, 0.717) is 0 Å². The smallest absolute Gasteiger partial charge is 0.198 e. The molecule has 0 spiro atoms. The number of methoxy groups -OCH3 is 1. The molecule has 0 bridgehead atoms. The van der Waals surface area contributed by atoms with Crippen LogP contribution in [-0.4, -0.2) is 81.5 Å². The molecule has 0 amide bonds. The number of rotatable bonds is 5. The minimum atomic E-state index is -1.64. The number of hydrogen-bond donors (Lipinski definition) is 5. The molecule has 32 heavy (non-hydrogen) atoms. The standard InChI is InChI=1S/C22H22O10/c1-30-21-12(8-31-22-20(29)19(28)18(27)14(7-23)32-22)13(24)6-11-15(21)17(26)10-5-3-2-4-9(10)16(11)25/h2-6,14,18-20,22-24,27-29H,7-8H2,1H3. The van der Waals surface area contributed by atoms with Crippen LogP contribution in [0.15, 0.2) is 30.3 Å². The molecule has 5 N–H and O–H groups in total. The van der Waals surface area contributed by atoms with E-state index >= 15 is 0 Å². The summed E-state index contributed by atoms with van der Waals surface area (Å²) in [5.74, 6) is -1.35. The predicted molar refractivity (Wildman–Crippen MR) is 107 cm³/mol. The van der Waals surface area contributed by atoms with Crippen molar-refractivity contribution in [2.24, 2.45) is 0 Å². The fourth-order valence-electron chi connectivity index (χ4n) is 3.98. The third-order valence-corrected chi connectivity index (χ3v) is 5.69. The Balaban J connectivity index is 1.68. The SMILES string of the molecule is COc1c(COC2OC(CO)C(O)C(O)C2O)c(O)cc2c1C(=O)c1ccccc1C2=O. The van der Waals surface area contributed by atoms with Crippen molar-refractivity contribution in [3.8, 4) is 11.5 Å². The Labute approximate surface area is 182 Å². The van der Waals surface area contributed by atoms with Crippen LogP contribution in [0.2, 0.25) is 0 Å². The fourth-order valence-corrected chi connectivity index (χ4v) is 3.98. The van der Waals surface area contributed by atoms with Gasteiger partial charge in [0.1, 0.15) is 35.9 Å². The van der Waals surface area contributed by atoms with E-state index in [2.05, 4.69) is 0 Å². The van der Waals surface area contributed by atoms with E-state index < -0.39 is 55.5 Å². The molecule has 2 aromatic rings. The molecule has 0 radical (unpaired) electrons. The highest BCUT2D eigenvalue weighted by Gasteiger charge is 2.44. The minimum absolute atomic E-state index is 0.0142. The Hall–Kier alpha value is -2.86. The molecule has 2 aromatic carbocycles. The lowest BCUT2D eigenvalue weighted by Gasteiger charge is -2.39. The quantitative estimate of drug-likeness (QED) is 0.345. The summed E-state index contributed by atoms with van der Waals surface area (Å²) in [6.07, 6.45) is -7.46. The number of ether oxygens (including phenoxy) is 3. The Morgan fingerprint density at radius 2 is 1.62 bits per heavy atom. The fraction of sp³-hybridized carbons (Fsp3) is 0.364. The van der Waals surface area contributed by atoms with E-state index in [4.69, 9.17) is 14.2 Å². The number of aliphatic hydroxyl groups excluding tert-OH is 4. The first-order chi connectivity index (χ1) is 15.3. The molecule has 5 unspecified atom stereocenters. The van der Waals surface area contributed by atoms with E-state index in [9.17, 15) is 35.1 Å². The average molecular weight is 446 g/mol. The highest BCUT2D eigenvalue weighted by molar-refractivity contribution is 6.29. The largest absolute Gasteiger partial charge is 0.507 e. The van der Waals surface area contributed by atoms with Crippen LogP contribution < -0.4 is 4.74 Å². The predicted octanol–water partition coefficient (Wildman–Crippen LogP) is -0.507. The molecule has 2 aliphatic rings. The lowest BCUT2D eigenvalue weighted by molar-refractivity contribution is -0.304. The molecule has 1 fully saturated rings. The highest BCUT2D eigenvalue weighted by Crippen LogP contribution is 2.40. The maximum atomic E-state index is 13.1. The van der Waals surface area contributed by atoms with Gasteiger partial charge in [-0.3, -0.25) is 9.59 Å². The van der Waals surface area contributed by atoms with Crippen LogP contribution in [0.3, 0.4) is 0 Å². The molecule has 10 heteroatoms. The number of fused-ring (bicyclic) bond motifs is 2. The molecule has 1 aliphatic carbocycles. The summed E-state index contributed by atoms with van der Waals surface area (Å²) >= 11 is 0.